The number of nitro groups is 1. The number of aliphatic hydroxyl groups excluding tert-OH is 2. The number of alkyl halides is 3. The summed E-state index contributed by atoms with van der Waals surface area (Å²) in [6, 6.07) is 1.96. The van der Waals surface area contributed by atoms with Gasteiger partial charge in [-0.3, -0.25) is 14.9 Å². The molecule has 0 amide bonds. The molecule has 2 atom stereocenters. The van der Waals surface area contributed by atoms with E-state index in [1.54, 1.807) is 0 Å². The van der Waals surface area contributed by atoms with E-state index in [9.17, 15) is 38.3 Å². The molecule has 2 unspecified atom stereocenters. The Labute approximate surface area is 133 Å². The second kappa shape index (κ2) is 7.75. The smallest absolute Gasteiger partial charge is 0.390 e. The lowest BCUT2D eigenvalue weighted by Crippen LogP contribution is -2.20. The molecule has 0 fully saturated rings. The van der Waals surface area contributed by atoms with Gasteiger partial charge in [-0.1, -0.05) is 17.8 Å². The van der Waals surface area contributed by atoms with Gasteiger partial charge in [0.05, 0.1) is 11.0 Å². The standard InChI is InChI=1S/C13H14F3NO5S/c1-7(18)23-5-4-11(19)12(20)8-2-3-9(13(14,15)16)10(6-8)17(21)22/h2-3,6,11-12,19-20H,4-5H2,1H3. The Bertz CT molecular complexity index is 593. The van der Waals surface area contributed by atoms with Crippen LogP contribution in [0.2, 0.25) is 0 Å². The maximum Gasteiger partial charge on any atom is 0.422 e. The lowest BCUT2D eigenvalue weighted by atomic mass is 10.00. The molecule has 1 aromatic carbocycles. The van der Waals surface area contributed by atoms with Crippen LogP contribution >= 0.6 is 11.8 Å². The highest BCUT2D eigenvalue weighted by Gasteiger charge is 2.38. The third kappa shape index (κ3) is 5.48. The Morgan fingerprint density at radius 3 is 2.48 bits per heavy atom. The number of nitrogens with zero attached hydrogens (tertiary/aromatic N) is 1. The summed E-state index contributed by atoms with van der Waals surface area (Å²) in [4.78, 5) is 20.3. The highest BCUT2D eigenvalue weighted by atomic mass is 32.2. The first kappa shape index (κ1) is 19.4. The monoisotopic (exact) mass is 353 g/mol. The number of hydrogen-bond acceptors (Lipinski definition) is 6. The number of nitro benzene ring substituents is 1. The van der Waals surface area contributed by atoms with E-state index in [1.807, 2.05) is 0 Å². The maximum atomic E-state index is 12.7. The fraction of sp³-hybridized carbons (Fsp3) is 0.462. The second-order valence-corrected chi connectivity index (χ2v) is 5.94. The van der Waals surface area contributed by atoms with Crippen molar-refractivity contribution in [1.29, 1.82) is 0 Å². The molecule has 2 N–H and O–H groups in total. The second-order valence-electron chi connectivity index (χ2n) is 4.67. The lowest BCUT2D eigenvalue weighted by molar-refractivity contribution is -0.388. The molecule has 0 bridgehead atoms. The van der Waals surface area contributed by atoms with Crippen LogP contribution < -0.4 is 0 Å². The molecule has 0 saturated carbocycles. The number of benzene rings is 1. The zero-order chi connectivity index (χ0) is 17.8. The molecule has 0 aliphatic carbocycles. The number of thioether (sulfide) groups is 1. The third-order valence-electron chi connectivity index (χ3n) is 2.95. The van der Waals surface area contributed by atoms with Gasteiger partial charge >= 0.3 is 6.18 Å². The van der Waals surface area contributed by atoms with E-state index >= 15 is 0 Å². The van der Waals surface area contributed by atoms with E-state index in [2.05, 4.69) is 0 Å². The van der Waals surface area contributed by atoms with Gasteiger partial charge in [-0.05, 0) is 18.1 Å². The lowest BCUT2D eigenvalue weighted by Gasteiger charge is -2.18. The molecule has 128 valence electrons. The van der Waals surface area contributed by atoms with Gasteiger partial charge in [0.2, 0.25) is 0 Å². The van der Waals surface area contributed by atoms with Gasteiger partial charge in [0.25, 0.3) is 5.69 Å². The molecule has 10 heteroatoms. The largest absolute Gasteiger partial charge is 0.422 e. The van der Waals surface area contributed by atoms with Crippen LogP contribution in [0.4, 0.5) is 18.9 Å². The normalized spacial score (nSPS) is 14.3. The molecule has 1 aromatic rings. The minimum absolute atomic E-state index is 0.000231. The number of rotatable bonds is 6. The van der Waals surface area contributed by atoms with Crippen molar-refractivity contribution >= 4 is 22.6 Å². The first-order valence-electron chi connectivity index (χ1n) is 6.39. The average molecular weight is 353 g/mol. The minimum atomic E-state index is -4.90. The van der Waals surface area contributed by atoms with Crippen LogP contribution in [0, 0.1) is 10.1 Å². The van der Waals surface area contributed by atoms with Crippen LogP contribution in [0.25, 0.3) is 0 Å². The molecule has 0 spiro atoms. The molecule has 6 nitrogen and oxygen atoms in total. The Kier molecular flexibility index (Phi) is 6.54. The average Bonchev–Trinajstić information content (AvgIpc) is 2.44. The number of carbonyl (C=O) groups is 1. The van der Waals surface area contributed by atoms with E-state index in [4.69, 9.17) is 0 Å². The molecule has 0 aliphatic rings. The van der Waals surface area contributed by atoms with Crippen LogP contribution in [0.5, 0.6) is 0 Å². The summed E-state index contributed by atoms with van der Waals surface area (Å²) in [6.07, 6.45) is -7.86. The van der Waals surface area contributed by atoms with Gasteiger partial charge in [-0.15, -0.1) is 0 Å². The fourth-order valence-corrected chi connectivity index (χ4v) is 2.47. The van der Waals surface area contributed by atoms with Crippen molar-refractivity contribution in [3.63, 3.8) is 0 Å². The van der Waals surface area contributed by atoms with Crippen molar-refractivity contribution in [3.8, 4) is 0 Å². The predicted molar refractivity (Wildman–Crippen MR) is 76.8 cm³/mol. The van der Waals surface area contributed by atoms with Gasteiger partial charge in [0.1, 0.15) is 11.7 Å². The number of carbonyl (C=O) groups excluding carboxylic acids is 1. The summed E-state index contributed by atoms with van der Waals surface area (Å²) in [6.45, 7) is 1.33. The Morgan fingerprint density at radius 2 is 2.00 bits per heavy atom. The van der Waals surface area contributed by atoms with E-state index in [0.717, 1.165) is 17.8 Å². The van der Waals surface area contributed by atoms with Crippen LogP contribution in [0.15, 0.2) is 18.2 Å². The number of hydrogen-bond donors (Lipinski definition) is 2. The zero-order valence-electron chi connectivity index (χ0n) is 11.9. The van der Waals surface area contributed by atoms with Crippen molar-refractivity contribution < 1.29 is 33.1 Å². The van der Waals surface area contributed by atoms with E-state index in [0.29, 0.717) is 12.1 Å². The molecular formula is C13H14F3NO5S. The van der Waals surface area contributed by atoms with E-state index < -0.39 is 34.6 Å². The first-order chi connectivity index (χ1) is 10.5. The minimum Gasteiger partial charge on any atom is -0.390 e. The third-order valence-corrected chi connectivity index (χ3v) is 3.80. The van der Waals surface area contributed by atoms with Crippen molar-refractivity contribution in [2.24, 2.45) is 0 Å². The van der Waals surface area contributed by atoms with Crippen molar-refractivity contribution in [2.45, 2.75) is 31.7 Å². The highest BCUT2D eigenvalue weighted by Crippen LogP contribution is 2.37. The summed E-state index contributed by atoms with van der Waals surface area (Å²) in [5.41, 5.74) is -2.83. The maximum absolute atomic E-state index is 12.7. The predicted octanol–water partition coefficient (Wildman–Crippen LogP) is 2.68. The summed E-state index contributed by atoms with van der Waals surface area (Å²) in [5.74, 6) is 0.205. The quantitative estimate of drug-likeness (QED) is 0.602. The van der Waals surface area contributed by atoms with Gasteiger partial charge < -0.3 is 10.2 Å². The van der Waals surface area contributed by atoms with Crippen LogP contribution in [-0.2, 0) is 11.0 Å². The SMILES string of the molecule is CC(=O)SCCC(O)C(O)c1ccc(C(F)(F)F)c([N+](=O)[O-])c1. The zero-order valence-corrected chi connectivity index (χ0v) is 12.7. The summed E-state index contributed by atoms with van der Waals surface area (Å²) >= 11 is 0.919. The molecule has 0 aromatic heterocycles. The summed E-state index contributed by atoms with van der Waals surface area (Å²) < 4.78 is 38.1. The summed E-state index contributed by atoms with van der Waals surface area (Å²) in [7, 11) is 0. The number of halogens is 3. The van der Waals surface area contributed by atoms with Gasteiger partial charge in [0, 0.05) is 18.7 Å². The molecule has 0 heterocycles. The van der Waals surface area contributed by atoms with E-state index in [-0.39, 0.29) is 22.9 Å². The highest BCUT2D eigenvalue weighted by molar-refractivity contribution is 8.13. The first-order valence-corrected chi connectivity index (χ1v) is 7.37. The Morgan fingerprint density at radius 1 is 1.39 bits per heavy atom. The Hall–Kier alpha value is -1.65. The molecule has 0 saturated heterocycles. The molecular weight excluding hydrogens is 339 g/mol. The topological polar surface area (TPSA) is 101 Å². The van der Waals surface area contributed by atoms with Crippen molar-refractivity contribution in [1.82, 2.24) is 0 Å². The summed E-state index contributed by atoms with van der Waals surface area (Å²) in [5, 5.41) is 30.3. The van der Waals surface area contributed by atoms with Gasteiger partial charge in [-0.25, -0.2) is 0 Å². The van der Waals surface area contributed by atoms with Crippen LogP contribution in [0.3, 0.4) is 0 Å². The molecule has 23 heavy (non-hydrogen) atoms. The van der Waals surface area contributed by atoms with Gasteiger partial charge in [0.15, 0.2) is 5.12 Å². The van der Waals surface area contributed by atoms with Crippen LogP contribution in [-0.4, -0.2) is 32.1 Å². The molecule has 0 radical (unpaired) electrons. The van der Waals surface area contributed by atoms with Gasteiger partial charge in [-0.2, -0.15) is 13.2 Å². The van der Waals surface area contributed by atoms with Crippen molar-refractivity contribution in [3.05, 3.63) is 39.4 Å². The van der Waals surface area contributed by atoms with E-state index in [1.165, 1.54) is 6.92 Å². The Balaban J connectivity index is 2.98. The van der Waals surface area contributed by atoms with Crippen molar-refractivity contribution in [2.75, 3.05) is 5.75 Å². The number of aliphatic hydroxyl groups is 2. The van der Waals surface area contributed by atoms with Crippen LogP contribution in [0.1, 0.15) is 30.6 Å². The molecule has 0 aliphatic heterocycles. The fourth-order valence-electron chi connectivity index (χ4n) is 1.83. The molecule has 1 rings (SSSR count).